The van der Waals surface area contributed by atoms with Gasteiger partial charge in [-0.25, -0.2) is 0 Å². The third-order valence-electron chi connectivity index (χ3n) is 4.65. The number of ether oxygens (including phenoxy) is 1. The normalized spacial score (nSPS) is 26.9. The van der Waals surface area contributed by atoms with E-state index in [2.05, 4.69) is 29.5 Å². The maximum atomic E-state index is 5.58. The summed E-state index contributed by atoms with van der Waals surface area (Å²) in [5.74, 6) is 2.36. The number of fused-ring (bicyclic) bond motifs is 1. The molecule has 1 heterocycles. The number of rotatable bonds is 2. The van der Waals surface area contributed by atoms with Crippen molar-refractivity contribution >= 4 is 23.3 Å². The van der Waals surface area contributed by atoms with Gasteiger partial charge in [0.1, 0.15) is 11.3 Å². The summed E-state index contributed by atoms with van der Waals surface area (Å²) in [6, 6.07) is 6.65. The molecular formula is C16H22N2OS. The second-order valence-electron chi connectivity index (χ2n) is 6.12. The topological polar surface area (TPSA) is 29.9 Å². The standard InChI is InChI=1S/C16H22N2OS/c1-10-7-8-12(11(2)9-10)18-13-5-4-6-14(19-3)15(13)17-16(18)20/h4-6,10-12H,7-9H2,1-3H3,(H,17,20). The first kappa shape index (κ1) is 13.7. The molecule has 1 aromatic carbocycles. The highest BCUT2D eigenvalue weighted by Crippen LogP contribution is 2.39. The number of imidazole rings is 1. The first-order valence-electron chi connectivity index (χ1n) is 7.39. The molecule has 1 aromatic heterocycles. The molecule has 0 aliphatic heterocycles. The summed E-state index contributed by atoms with van der Waals surface area (Å²) in [5, 5.41) is 0. The number of hydrogen-bond donors (Lipinski definition) is 1. The Morgan fingerprint density at radius 3 is 2.80 bits per heavy atom. The minimum atomic E-state index is 0.500. The van der Waals surface area contributed by atoms with Gasteiger partial charge >= 0.3 is 0 Å². The summed E-state index contributed by atoms with van der Waals surface area (Å²) >= 11 is 5.58. The van der Waals surface area contributed by atoms with E-state index in [1.807, 2.05) is 12.1 Å². The molecule has 2 aromatic rings. The Balaban J connectivity index is 2.12. The van der Waals surface area contributed by atoms with Crippen LogP contribution in [0.5, 0.6) is 5.75 Å². The van der Waals surface area contributed by atoms with Gasteiger partial charge in [0.25, 0.3) is 0 Å². The molecule has 108 valence electrons. The molecule has 1 fully saturated rings. The molecule has 4 heteroatoms. The van der Waals surface area contributed by atoms with Crippen LogP contribution in [0.2, 0.25) is 0 Å². The number of methoxy groups -OCH3 is 1. The van der Waals surface area contributed by atoms with Crippen molar-refractivity contribution in [2.45, 2.75) is 39.2 Å². The van der Waals surface area contributed by atoms with Gasteiger partial charge in [-0.2, -0.15) is 0 Å². The lowest BCUT2D eigenvalue weighted by molar-refractivity contribution is 0.210. The summed E-state index contributed by atoms with van der Waals surface area (Å²) in [6.07, 6.45) is 3.78. The number of nitrogens with one attached hydrogen (secondary N) is 1. The van der Waals surface area contributed by atoms with E-state index >= 15 is 0 Å². The highest BCUT2D eigenvalue weighted by Gasteiger charge is 2.28. The molecule has 1 aliphatic rings. The van der Waals surface area contributed by atoms with E-state index in [4.69, 9.17) is 17.0 Å². The van der Waals surface area contributed by atoms with Crippen LogP contribution in [0.15, 0.2) is 18.2 Å². The molecule has 0 bridgehead atoms. The van der Waals surface area contributed by atoms with E-state index in [9.17, 15) is 0 Å². The largest absolute Gasteiger partial charge is 0.494 e. The lowest BCUT2D eigenvalue weighted by atomic mass is 9.79. The van der Waals surface area contributed by atoms with Gasteiger partial charge in [0.2, 0.25) is 0 Å². The van der Waals surface area contributed by atoms with Crippen molar-refractivity contribution in [3.8, 4) is 5.75 Å². The summed E-state index contributed by atoms with van der Waals surface area (Å²) in [6.45, 7) is 4.70. The molecule has 20 heavy (non-hydrogen) atoms. The van der Waals surface area contributed by atoms with Crippen LogP contribution in [0.4, 0.5) is 0 Å². The van der Waals surface area contributed by atoms with E-state index in [0.29, 0.717) is 12.0 Å². The van der Waals surface area contributed by atoms with Crippen molar-refractivity contribution in [2.24, 2.45) is 11.8 Å². The second kappa shape index (κ2) is 5.24. The lowest BCUT2D eigenvalue weighted by Gasteiger charge is -2.33. The fourth-order valence-electron chi connectivity index (χ4n) is 3.65. The highest BCUT2D eigenvalue weighted by molar-refractivity contribution is 7.71. The van der Waals surface area contributed by atoms with Crippen molar-refractivity contribution in [3.05, 3.63) is 23.0 Å². The van der Waals surface area contributed by atoms with E-state index in [1.165, 1.54) is 24.8 Å². The number of aromatic amines is 1. The van der Waals surface area contributed by atoms with Crippen LogP contribution >= 0.6 is 12.2 Å². The Morgan fingerprint density at radius 2 is 2.10 bits per heavy atom. The first-order chi connectivity index (χ1) is 9.61. The Kier molecular flexibility index (Phi) is 3.59. The third-order valence-corrected chi connectivity index (χ3v) is 4.95. The fraction of sp³-hybridized carbons (Fsp3) is 0.562. The smallest absolute Gasteiger partial charge is 0.178 e. The number of H-pyrrole nitrogens is 1. The van der Waals surface area contributed by atoms with Gasteiger partial charge in [-0.15, -0.1) is 0 Å². The molecule has 0 amide bonds. The van der Waals surface area contributed by atoms with Gasteiger partial charge in [-0.05, 0) is 55.4 Å². The summed E-state index contributed by atoms with van der Waals surface area (Å²) in [7, 11) is 1.70. The minimum absolute atomic E-state index is 0.500. The predicted octanol–water partition coefficient (Wildman–Crippen LogP) is 4.70. The second-order valence-corrected chi connectivity index (χ2v) is 6.50. The van der Waals surface area contributed by atoms with Gasteiger partial charge in [0.05, 0.1) is 12.6 Å². The maximum absolute atomic E-state index is 5.58. The maximum Gasteiger partial charge on any atom is 0.178 e. The molecular weight excluding hydrogens is 268 g/mol. The molecule has 3 nitrogen and oxygen atoms in total. The van der Waals surface area contributed by atoms with Crippen molar-refractivity contribution in [2.75, 3.05) is 7.11 Å². The Bertz CT molecular complexity index is 673. The number of nitrogens with zero attached hydrogens (tertiary/aromatic N) is 1. The van der Waals surface area contributed by atoms with Crippen LogP contribution in [0.3, 0.4) is 0 Å². The van der Waals surface area contributed by atoms with Crippen molar-refractivity contribution in [3.63, 3.8) is 0 Å². The fourth-order valence-corrected chi connectivity index (χ4v) is 3.99. The van der Waals surface area contributed by atoms with Crippen molar-refractivity contribution in [1.82, 2.24) is 9.55 Å². The molecule has 3 atom stereocenters. The number of hydrogen-bond acceptors (Lipinski definition) is 2. The quantitative estimate of drug-likeness (QED) is 0.812. The van der Waals surface area contributed by atoms with Crippen LogP contribution in [0.25, 0.3) is 11.0 Å². The minimum Gasteiger partial charge on any atom is -0.494 e. The predicted molar refractivity (Wildman–Crippen MR) is 84.9 cm³/mol. The van der Waals surface area contributed by atoms with Gasteiger partial charge in [0, 0.05) is 6.04 Å². The number of aromatic nitrogens is 2. The Morgan fingerprint density at radius 1 is 1.30 bits per heavy atom. The van der Waals surface area contributed by atoms with Crippen LogP contribution < -0.4 is 4.74 Å². The SMILES string of the molecule is COc1cccc2c1[nH]c(=S)n2C1CCC(C)CC1C. The Hall–Kier alpha value is -1.29. The van der Waals surface area contributed by atoms with E-state index < -0.39 is 0 Å². The van der Waals surface area contributed by atoms with Crippen LogP contribution in [0.1, 0.15) is 39.2 Å². The molecule has 1 saturated carbocycles. The monoisotopic (exact) mass is 290 g/mol. The molecule has 0 radical (unpaired) electrons. The van der Waals surface area contributed by atoms with E-state index in [1.54, 1.807) is 7.11 Å². The highest BCUT2D eigenvalue weighted by atomic mass is 32.1. The zero-order valence-corrected chi connectivity index (χ0v) is 13.2. The molecule has 3 rings (SSSR count). The molecule has 1 N–H and O–H groups in total. The summed E-state index contributed by atoms with van der Waals surface area (Å²) < 4.78 is 8.56. The van der Waals surface area contributed by atoms with Gasteiger partial charge in [-0.3, -0.25) is 0 Å². The van der Waals surface area contributed by atoms with E-state index in [0.717, 1.165) is 22.0 Å². The zero-order chi connectivity index (χ0) is 14.3. The molecule has 0 spiro atoms. The molecule has 0 saturated heterocycles. The van der Waals surface area contributed by atoms with Crippen LogP contribution in [-0.2, 0) is 0 Å². The zero-order valence-electron chi connectivity index (χ0n) is 12.3. The average Bonchev–Trinajstić information content (AvgIpc) is 2.75. The van der Waals surface area contributed by atoms with Crippen LogP contribution in [0, 0.1) is 16.6 Å². The van der Waals surface area contributed by atoms with Crippen LogP contribution in [-0.4, -0.2) is 16.7 Å². The summed E-state index contributed by atoms with van der Waals surface area (Å²) in [5.41, 5.74) is 2.19. The molecule has 3 unspecified atom stereocenters. The van der Waals surface area contributed by atoms with Gasteiger partial charge in [0.15, 0.2) is 4.77 Å². The summed E-state index contributed by atoms with van der Waals surface area (Å²) in [4.78, 5) is 3.33. The third kappa shape index (κ3) is 2.16. The number of benzene rings is 1. The average molecular weight is 290 g/mol. The van der Waals surface area contributed by atoms with Crippen molar-refractivity contribution < 1.29 is 4.74 Å². The Labute approximate surface area is 125 Å². The number of para-hydroxylation sites is 1. The lowest BCUT2D eigenvalue weighted by Crippen LogP contribution is -2.24. The molecule has 1 aliphatic carbocycles. The van der Waals surface area contributed by atoms with Gasteiger partial charge < -0.3 is 14.3 Å². The van der Waals surface area contributed by atoms with Gasteiger partial charge in [-0.1, -0.05) is 19.9 Å². The van der Waals surface area contributed by atoms with Crippen molar-refractivity contribution in [1.29, 1.82) is 0 Å². The van der Waals surface area contributed by atoms with E-state index in [-0.39, 0.29) is 0 Å². The first-order valence-corrected chi connectivity index (χ1v) is 7.80.